The van der Waals surface area contributed by atoms with Crippen molar-refractivity contribution in [1.29, 1.82) is 0 Å². The highest BCUT2D eigenvalue weighted by Crippen LogP contribution is 2.24. The minimum atomic E-state index is -0.334. The van der Waals surface area contributed by atoms with Crippen molar-refractivity contribution in [2.45, 2.75) is 44.3 Å². The van der Waals surface area contributed by atoms with Crippen LogP contribution in [0.4, 0.5) is 4.39 Å². The van der Waals surface area contributed by atoms with Crippen LogP contribution in [0.3, 0.4) is 0 Å². The first-order valence-electron chi connectivity index (χ1n) is 7.14. The van der Waals surface area contributed by atoms with Crippen molar-refractivity contribution < 1.29 is 4.39 Å². The van der Waals surface area contributed by atoms with E-state index in [4.69, 9.17) is 11.6 Å². The van der Waals surface area contributed by atoms with Gasteiger partial charge in [-0.3, -0.25) is 4.90 Å². The molecule has 2 fully saturated rings. The van der Waals surface area contributed by atoms with Crippen molar-refractivity contribution in [3.05, 3.63) is 34.6 Å². The van der Waals surface area contributed by atoms with Gasteiger partial charge in [-0.2, -0.15) is 0 Å². The molecule has 4 heteroatoms. The monoisotopic (exact) mass is 282 g/mol. The maximum absolute atomic E-state index is 13.1. The Hall–Kier alpha value is -0.640. The average Bonchev–Trinajstić information content (AvgIpc) is 3.12. The van der Waals surface area contributed by atoms with Crippen LogP contribution in [-0.4, -0.2) is 30.1 Å². The standard InChI is InChI=1S/C15H20ClFN2/c16-14-8-11(3-6-15(14)17)10-19-7-1-2-13(19)9-18-12-4-5-12/h3,6,8,12-13,18H,1-2,4-5,7,9-10H2. The number of hydrogen-bond acceptors (Lipinski definition) is 2. The molecule has 3 rings (SSSR count). The highest BCUT2D eigenvalue weighted by atomic mass is 35.5. The second-order valence-electron chi connectivity index (χ2n) is 5.70. The van der Waals surface area contributed by atoms with Crippen LogP contribution < -0.4 is 5.32 Å². The summed E-state index contributed by atoms with van der Waals surface area (Å²) in [7, 11) is 0. The normalized spacial score (nSPS) is 24.0. The first kappa shape index (κ1) is 13.3. The smallest absolute Gasteiger partial charge is 0.141 e. The molecule has 1 aromatic rings. The summed E-state index contributed by atoms with van der Waals surface area (Å²) in [5.74, 6) is -0.334. The van der Waals surface area contributed by atoms with Crippen LogP contribution in [0.15, 0.2) is 18.2 Å². The Labute approximate surface area is 118 Å². The van der Waals surface area contributed by atoms with E-state index in [2.05, 4.69) is 10.2 Å². The minimum absolute atomic E-state index is 0.226. The fourth-order valence-electron chi connectivity index (χ4n) is 2.80. The Morgan fingerprint density at radius 3 is 2.89 bits per heavy atom. The molecule has 1 aliphatic carbocycles. The molecule has 0 bridgehead atoms. The maximum Gasteiger partial charge on any atom is 0.141 e. The second-order valence-corrected chi connectivity index (χ2v) is 6.10. The molecule has 0 radical (unpaired) electrons. The number of likely N-dealkylation sites (tertiary alicyclic amines) is 1. The summed E-state index contributed by atoms with van der Waals surface area (Å²) in [5, 5.41) is 3.83. The van der Waals surface area contributed by atoms with Crippen LogP contribution in [0.2, 0.25) is 5.02 Å². The van der Waals surface area contributed by atoms with E-state index in [1.54, 1.807) is 6.07 Å². The van der Waals surface area contributed by atoms with Crippen molar-refractivity contribution in [1.82, 2.24) is 10.2 Å². The van der Waals surface area contributed by atoms with Gasteiger partial charge in [0.1, 0.15) is 5.82 Å². The van der Waals surface area contributed by atoms with Crippen molar-refractivity contribution in [3.63, 3.8) is 0 Å². The Kier molecular flexibility index (Phi) is 4.06. The van der Waals surface area contributed by atoms with Gasteiger partial charge in [0.15, 0.2) is 0 Å². The van der Waals surface area contributed by atoms with E-state index in [1.165, 1.54) is 31.7 Å². The average molecular weight is 283 g/mol. The predicted octanol–water partition coefficient (Wildman–Crippen LogP) is 3.20. The van der Waals surface area contributed by atoms with Gasteiger partial charge in [-0.25, -0.2) is 4.39 Å². The summed E-state index contributed by atoms with van der Waals surface area (Å²) in [6.07, 6.45) is 5.18. The third-order valence-electron chi connectivity index (χ3n) is 4.09. The van der Waals surface area contributed by atoms with Crippen LogP contribution >= 0.6 is 11.6 Å². The van der Waals surface area contributed by atoms with Crippen LogP contribution in [0.1, 0.15) is 31.2 Å². The van der Waals surface area contributed by atoms with Gasteiger partial charge < -0.3 is 5.32 Å². The number of nitrogens with one attached hydrogen (secondary N) is 1. The lowest BCUT2D eigenvalue weighted by Gasteiger charge is -2.25. The largest absolute Gasteiger partial charge is 0.312 e. The third-order valence-corrected chi connectivity index (χ3v) is 4.38. The number of rotatable bonds is 5. The van der Waals surface area contributed by atoms with Gasteiger partial charge in [-0.1, -0.05) is 17.7 Å². The van der Waals surface area contributed by atoms with E-state index in [0.717, 1.165) is 31.2 Å². The fraction of sp³-hybridized carbons (Fsp3) is 0.600. The molecule has 1 unspecified atom stereocenters. The molecule has 1 heterocycles. The van der Waals surface area contributed by atoms with Gasteiger partial charge in [-0.05, 0) is 49.9 Å². The van der Waals surface area contributed by atoms with Gasteiger partial charge in [0.2, 0.25) is 0 Å². The molecule has 0 amide bonds. The van der Waals surface area contributed by atoms with Crippen molar-refractivity contribution in [2.75, 3.05) is 13.1 Å². The molecule has 0 aromatic heterocycles. The lowest BCUT2D eigenvalue weighted by molar-refractivity contribution is 0.239. The Morgan fingerprint density at radius 1 is 1.32 bits per heavy atom. The number of nitrogens with zero attached hydrogens (tertiary/aromatic N) is 1. The zero-order valence-corrected chi connectivity index (χ0v) is 11.8. The zero-order valence-electron chi connectivity index (χ0n) is 11.0. The minimum Gasteiger partial charge on any atom is -0.312 e. The summed E-state index contributed by atoms with van der Waals surface area (Å²) in [5.41, 5.74) is 1.10. The molecule has 1 aliphatic heterocycles. The first-order chi connectivity index (χ1) is 9.22. The van der Waals surface area contributed by atoms with E-state index >= 15 is 0 Å². The lowest BCUT2D eigenvalue weighted by Crippen LogP contribution is -2.38. The summed E-state index contributed by atoms with van der Waals surface area (Å²) in [6, 6.07) is 6.43. The number of hydrogen-bond donors (Lipinski definition) is 1. The van der Waals surface area contributed by atoms with Crippen LogP contribution in [-0.2, 0) is 6.54 Å². The molecular formula is C15H20ClFN2. The maximum atomic E-state index is 13.1. The van der Waals surface area contributed by atoms with Crippen molar-refractivity contribution in [3.8, 4) is 0 Å². The molecule has 2 aliphatic rings. The summed E-state index contributed by atoms with van der Waals surface area (Å²) < 4.78 is 13.1. The second kappa shape index (κ2) is 5.78. The van der Waals surface area contributed by atoms with Crippen LogP contribution in [0.5, 0.6) is 0 Å². The van der Waals surface area contributed by atoms with Crippen LogP contribution in [0.25, 0.3) is 0 Å². The molecule has 1 saturated carbocycles. The Balaban J connectivity index is 1.58. The topological polar surface area (TPSA) is 15.3 Å². The first-order valence-corrected chi connectivity index (χ1v) is 7.51. The molecular weight excluding hydrogens is 263 g/mol. The molecule has 1 saturated heterocycles. The molecule has 104 valence electrons. The van der Waals surface area contributed by atoms with Gasteiger partial charge >= 0.3 is 0 Å². The Morgan fingerprint density at radius 2 is 2.16 bits per heavy atom. The fourth-order valence-corrected chi connectivity index (χ4v) is 3.00. The summed E-state index contributed by atoms with van der Waals surface area (Å²) in [6.45, 7) is 3.09. The molecule has 0 spiro atoms. The number of benzene rings is 1. The SMILES string of the molecule is Fc1ccc(CN2CCCC2CNC2CC2)cc1Cl. The van der Waals surface area contributed by atoms with E-state index in [-0.39, 0.29) is 10.8 Å². The van der Waals surface area contributed by atoms with Gasteiger partial charge in [0.25, 0.3) is 0 Å². The zero-order chi connectivity index (χ0) is 13.2. The van der Waals surface area contributed by atoms with Gasteiger partial charge in [0.05, 0.1) is 5.02 Å². The third kappa shape index (κ3) is 3.47. The lowest BCUT2D eigenvalue weighted by atomic mass is 10.1. The highest BCUT2D eigenvalue weighted by molar-refractivity contribution is 6.30. The van der Waals surface area contributed by atoms with Crippen LogP contribution in [0, 0.1) is 5.82 Å². The van der Waals surface area contributed by atoms with E-state index in [1.807, 2.05) is 6.07 Å². The van der Waals surface area contributed by atoms with Gasteiger partial charge in [-0.15, -0.1) is 0 Å². The van der Waals surface area contributed by atoms with Crippen molar-refractivity contribution in [2.24, 2.45) is 0 Å². The van der Waals surface area contributed by atoms with Gasteiger partial charge in [0, 0.05) is 25.2 Å². The van der Waals surface area contributed by atoms with E-state index in [9.17, 15) is 4.39 Å². The summed E-state index contributed by atoms with van der Waals surface area (Å²) >= 11 is 5.84. The molecule has 1 atom stereocenters. The van der Waals surface area contributed by atoms with Crippen molar-refractivity contribution >= 4 is 11.6 Å². The number of halogens is 2. The molecule has 1 N–H and O–H groups in total. The quantitative estimate of drug-likeness (QED) is 0.892. The summed E-state index contributed by atoms with van der Waals surface area (Å²) in [4.78, 5) is 2.49. The van der Waals surface area contributed by atoms with E-state index < -0.39 is 0 Å². The molecule has 19 heavy (non-hydrogen) atoms. The highest BCUT2D eigenvalue weighted by Gasteiger charge is 2.27. The predicted molar refractivity (Wildman–Crippen MR) is 75.9 cm³/mol. The van der Waals surface area contributed by atoms with E-state index in [0.29, 0.717) is 6.04 Å². The molecule has 1 aromatic carbocycles. The molecule has 2 nitrogen and oxygen atoms in total. The Bertz CT molecular complexity index is 448.